The standard InChI is InChI=1S/C9H14ClN3O2/c1-6(2)14-3-4-15-8-7(11)5-12-9(10)13-8/h5-6H,3-4,11H2,1-2H3. The number of nitrogens with zero attached hydrogens (tertiary/aromatic N) is 2. The van der Waals surface area contributed by atoms with Gasteiger partial charge >= 0.3 is 0 Å². The Balaban J connectivity index is 2.40. The third-order valence-electron chi connectivity index (χ3n) is 1.52. The summed E-state index contributed by atoms with van der Waals surface area (Å²) in [6, 6.07) is 0. The molecule has 0 saturated carbocycles. The number of ether oxygens (including phenoxy) is 2. The van der Waals surface area contributed by atoms with Crippen LogP contribution in [-0.4, -0.2) is 29.3 Å². The van der Waals surface area contributed by atoms with Gasteiger partial charge in [0.2, 0.25) is 11.2 Å². The molecule has 1 rings (SSSR count). The number of nitrogen functional groups attached to an aromatic ring is 1. The first-order valence-corrected chi connectivity index (χ1v) is 5.00. The van der Waals surface area contributed by atoms with Gasteiger partial charge in [-0.1, -0.05) is 0 Å². The van der Waals surface area contributed by atoms with Crippen LogP contribution < -0.4 is 10.5 Å². The highest BCUT2D eigenvalue weighted by molar-refractivity contribution is 6.28. The van der Waals surface area contributed by atoms with E-state index >= 15 is 0 Å². The van der Waals surface area contributed by atoms with E-state index in [9.17, 15) is 0 Å². The summed E-state index contributed by atoms with van der Waals surface area (Å²) in [5, 5.41) is 0.115. The Labute approximate surface area is 93.6 Å². The zero-order valence-electron chi connectivity index (χ0n) is 8.74. The van der Waals surface area contributed by atoms with E-state index in [1.165, 1.54) is 6.20 Å². The van der Waals surface area contributed by atoms with Crippen molar-refractivity contribution in [2.45, 2.75) is 20.0 Å². The first-order chi connectivity index (χ1) is 7.09. The second-order valence-electron chi connectivity index (χ2n) is 3.17. The molecule has 0 radical (unpaired) electrons. The molecule has 15 heavy (non-hydrogen) atoms. The monoisotopic (exact) mass is 231 g/mol. The Hall–Kier alpha value is -1.07. The number of halogens is 1. The van der Waals surface area contributed by atoms with E-state index in [2.05, 4.69) is 9.97 Å². The number of aromatic nitrogens is 2. The zero-order chi connectivity index (χ0) is 11.3. The Bertz CT molecular complexity index is 320. The second kappa shape index (κ2) is 5.72. The lowest BCUT2D eigenvalue weighted by Crippen LogP contribution is -2.12. The number of rotatable bonds is 5. The van der Waals surface area contributed by atoms with Gasteiger partial charge in [0.25, 0.3) is 0 Å². The lowest BCUT2D eigenvalue weighted by molar-refractivity contribution is 0.0544. The molecular formula is C9H14ClN3O2. The van der Waals surface area contributed by atoms with Crippen LogP contribution in [0.4, 0.5) is 5.69 Å². The summed E-state index contributed by atoms with van der Waals surface area (Å²) in [5.74, 6) is 0.294. The van der Waals surface area contributed by atoms with Crippen molar-refractivity contribution in [3.63, 3.8) is 0 Å². The highest BCUT2D eigenvalue weighted by atomic mass is 35.5. The molecule has 84 valence electrons. The van der Waals surface area contributed by atoms with E-state index in [0.717, 1.165) is 0 Å². The maximum absolute atomic E-state index is 5.59. The van der Waals surface area contributed by atoms with Crippen molar-refractivity contribution in [2.24, 2.45) is 0 Å². The van der Waals surface area contributed by atoms with Gasteiger partial charge in [0.1, 0.15) is 12.3 Å². The molecule has 0 unspecified atom stereocenters. The molecule has 0 saturated heterocycles. The number of hydrogen-bond acceptors (Lipinski definition) is 5. The van der Waals surface area contributed by atoms with E-state index < -0.39 is 0 Å². The van der Waals surface area contributed by atoms with Crippen LogP contribution in [0.2, 0.25) is 5.28 Å². The lowest BCUT2D eigenvalue weighted by atomic mass is 10.5. The minimum Gasteiger partial charge on any atom is -0.474 e. The molecule has 2 N–H and O–H groups in total. The van der Waals surface area contributed by atoms with Gasteiger partial charge in [-0.15, -0.1) is 0 Å². The summed E-state index contributed by atoms with van der Waals surface area (Å²) in [6.07, 6.45) is 1.59. The molecule has 1 aromatic rings. The minimum atomic E-state index is 0.115. The van der Waals surface area contributed by atoms with Crippen molar-refractivity contribution >= 4 is 17.3 Å². The molecule has 0 atom stereocenters. The number of hydrogen-bond donors (Lipinski definition) is 1. The summed E-state index contributed by atoms with van der Waals surface area (Å²) in [7, 11) is 0. The Morgan fingerprint density at radius 1 is 1.47 bits per heavy atom. The third kappa shape index (κ3) is 4.31. The molecular weight excluding hydrogens is 218 g/mol. The van der Waals surface area contributed by atoms with Crippen molar-refractivity contribution in [2.75, 3.05) is 18.9 Å². The molecule has 0 aliphatic heterocycles. The molecule has 0 aliphatic carbocycles. The SMILES string of the molecule is CC(C)OCCOc1nc(Cl)ncc1N. The Morgan fingerprint density at radius 2 is 2.20 bits per heavy atom. The Kier molecular flexibility index (Phi) is 4.58. The smallest absolute Gasteiger partial charge is 0.241 e. The van der Waals surface area contributed by atoms with Crippen molar-refractivity contribution in [3.05, 3.63) is 11.5 Å². The van der Waals surface area contributed by atoms with Gasteiger partial charge < -0.3 is 15.2 Å². The van der Waals surface area contributed by atoms with E-state index in [1.807, 2.05) is 13.8 Å². The zero-order valence-corrected chi connectivity index (χ0v) is 9.49. The fraction of sp³-hybridized carbons (Fsp3) is 0.556. The number of anilines is 1. The van der Waals surface area contributed by atoms with Gasteiger partial charge in [-0.3, -0.25) is 0 Å². The van der Waals surface area contributed by atoms with Gasteiger partial charge in [-0.05, 0) is 25.4 Å². The van der Waals surface area contributed by atoms with Crippen LogP contribution in [0.1, 0.15) is 13.8 Å². The van der Waals surface area contributed by atoms with Gasteiger partial charge in [0, 0.05) is 0 Å². The van der Waals surface area contributed by atoms with E-state index in [-0.39, 0.29) is 11.4 Å². The van der Waals surface area contributed by atoms with Crippen LogP contribution >= 0.6 is 11.6 Å². The average Bonchev–Trinajstić information content (AvgIpc) is 2.17. The molecule has 0 aliphatic rings. The Morgan fingerprint density at radius 3 is 2.87 bits per heavy atom. The van der Waals surface area contributed by atoms with Crippen LogP contribution in [0, 0.1) is 0 Å². The molecule has 0 amide bonds. The summed E-state index contributed by atoms with van der Waals surface area (Å²) < 4.78 is 10.6. The van der Waals surface area contributed by atoms with Gasteiger partial charge in [-0.25, -0.2) is 4.98 Å². The normalized spacial score (nSPS) is 10.7. The second-order valence-corrected chi connectivity index (χ2v) is 3.51. The summed E-state index contributed by atoms with van der Waals surface area (Å²) in [4.78, 5) is 7.55. The van der Waals surface area contributed by atoms with Gasteiger partial charge in [0.15, 0.2) is 0 Å². The summed E-state index contributed by atoms with van der Waals surface area (Å²) in [5.41, 5.74) is 5.95. The lowest BCUT2D eigenvalue weighted by Gasteiger charge is -2.09. The highest BCUT2D eigenvalue weighted by Gasteiger charge is 2.04. The van der Waals surface area contributed by atoms with Crippen molar-refractivity contribution in [3.8, 4) is 5.88 Å². The van der Waals surface area contributed by atoms with Gasteiger partial charge in [-0.2, -0.15) is 4.98 Å². The third-order valence-corrected chi connectivity index (χ3v) is 1.71. The molecule has 0 spiro atoms. The molecule has 0 fully saturated rings. The van der Waals surface area contributed by atoms with Crippen LogP contribution in [0.3, 0.4) is 0 Å². The molecule has 1 aromatic heterocycles. The van der Waals surface area contributed by atoms with Gasteiger partial charge in [0.05, 0.1) is 18.9 Å². The fourth-order valence-corrected chi connectivity index (χ4v) is 1.02. The van der Waals surface area contributed by atoms with Crippen LogP contribution in [0.5, 0.6) is 5.88 Å². The average molecular weight is 232 g/mol. The summed E-state index contributed by atoms with van der Waals surface area (Å²) in [6.45, 7) is 4.78. The van der Waals surface area contributed by atoms with E-state index in [0.29, 0.717) is 24.8 Å². The maximum Gasteiger partial charge on any atom is 0.241 e. The van der Waals surface area contributed by atoms with E-state index in [1.54, 1.807) is 0 Å². The summed E-state index contributed by atoms with van der Waals surface area (Å²) >= 11 is 5.59. The predicted molar refractivity (Wildman–Crippen MR) is 58.0 cm³/mol. The largest absolute Gasteiger partial charge is 0.474 e. The molecule has 5 nitrogen and oxygen atoms in total. The highest BCUT2D eigenvalue weighted by Crippen LogP contribution is 2.18. The van der Waals surface area contributed by atoms with Crippen LogP contribution in [0.25, 0.3) is 0 Å². The first kappa shape index (κ1) is 12.0. The number of nitrogens with two attached hydrogens (primary N) is 1. The van der Waals surface area contributed by atoms with Crippen molar-refractivity contribution in [1.82, 2.24) is 9.97 Å². The molecule has 1 heterocycles. The predicted octanol–water partition coefficient (Wildman–Crippen LogP) is 1.52. The van der Waals surface area contributed by atoms with Crippen molar-refractivity contribution in [1.29, 1.82) is 0 Å². The van der Waals surface area contributed by atoms with E-state index in [4.69, 9.17) is 26.8 Å². The molecule has 6 heteroatoms. The van der Waals surface area contributed by atoms with Crippen LogP contribution in [0.15, 0.2) is 6.20 Å². The quantitative estimate of drug-likeness (QED) is 0.615. The topological polar surface area (TPSA) is 70.3 Å². The molecule has 0 aromatic carbocycles. The maximum atomic E-state index is 5.59. The fourth-order valence-electron chi connectivity index (χ4n) is 0.893. The minimum absolute atomic E-state index is 0.115. The molecule has 0 bridgehead atoms. The van der Waals surface area contributed by atoms with Crippen LogP contribution in [-0.2, 0) is 4.74 Å². The van der Waals surface area contributed by atoms with Crippen molar-refractivity contribution < 1.29 is 9.47 Å². The first-order valence-electron chi connectivity index (χ1n) is 4.62.